The van der Waals surface area contributed by atoms with Gasteiger partial charge in [-0.2, -0.15) is 0 Å². The molecule has 0 aromatic carbocycles. The molecule has 3 fully saturated rings. The third-order valence-electron chi connectivity index (χ3n) is 3.54. The molecule has 80 valence electrons. The van der Waals surface area contributed by atoms with Crippen molar-refractivity contribution in [3.8, 4) is 0 Å². The van der Waals surface area contributed by atoms with Crippen molar-refractivity contribution in [2.45, 2.75) is 49.7 Å². The Morgan fingerprint density at radius 1 is 1.29 bits per heavy atom. The molecule has 0 saturated carbocycles. The monoisotopic (exact) mass is 261 g/mol. The van der Waals surface area contributed by atoms with E-state index in [0.29, 0.717) is 12.1 Å². The number of halogens is 1. The molecule has 3 atom stereocenters. The maximum atomic E-state index is 6.01. The molecule has 1 N–H and O–H groups in total. The van der Waals surface area contributed by atoms with Crippen LogP contribution in [0.5, 0.6) is 0 Å². The minimum Gasteiger partial charge on any atom is -0.347 e. The molecule has 3 rings (SSSR count). The van der Waals surface area contributed by atoms with Crippen molar-refractivity contribution in [3.05, 3.63) is 0 Å². The van der Waals surface area contributed by atoms with E-state index >= 15 is 0 Å². The van der Waals surface area contributed by atoms with Crippen LogP contribution in [0.1, 0.15) is 25.7 Å². The summed E-state index contributed by atoms with van der Waals surface area (Å²) in [5, 5.41) is 4.49. The zero-order valence-corrected chi connectivity index (χ0v) is 9.76. The van der Waals surface area contributed by atoms with Gasteiger partial charge in [-0.1, -0.05) is 15.9 Å². The number of hydrogen-bond donors (Lipinski definition) is 1. The summed E-state index contributed by atoms with van der Waals surface area (Å²) in [7, 11) is 0. The van der Waals surface area contributed by atoms with Gasteiger partial charge in [0, 0.05) is 30.3 Å². The van der Waals surface area contributed by atoms with E-state index in [1.807, 2.05) is 0 Å². The second kappa shape index (κ2) is 3.44. The van der Waals surface area contributed by atoms with E-state index in [1.165, 1.54) is 12.8 Å². The van der Waals surface area contributed by atoms with Crippen LogP contribution in [0.3, 0.4) is 0 Å². The van der Waals surface area contributed by atoms with E-state index in [9.17, 15) is 0 Å². The molecule has 3 unspecified atom stereocenters. The van der Waals surface area contributed by atoms with Crippen LogP contribution in [0.4, 0.5) is 0 Å². The number of piperidine rings is 1. The third-order valence-corrected chi connectivity index (χ3v) is 4.26. The van der Waals surface area contributed by atoms with Crippen LogP contribution in [-0.4, -0.2) is 35.9 Å². The van der Waals surface area contributed by atoms with Crippen LogP contribution >= 0.6 is 15.9 Å². The Morgan fingerprint density at radius 3 is 2.57 bits per heavy atom. The Hall–Kier alpha value is 0.360. The first kappa shape index (κ1) is 9.58. The highest BCUT2D eigenvalue weighted by Gasteiger charge is 2.49. The highest BCUT2D eigenvalue weighted by atomic mass is 79.9. The quantitative estimate of drug-likeness (QED) is 0.725. The minimum atomic E-state index is -0.241. The Morgan fingerprint density at radius 2 is 2.00 bits per heavy atom. The van der Waals surface area contributed by atoms with Crippen LogP contribution in [0.25, 0.3) is 0 Å². The van der Waals surface area contributed by atoms with Gasteiger partial charge < -0.3 is 14.8 Å². The van der Waals surface area contributed by atoms with Gasteiger partial charge in [0.05, 0.1) is 12.7 Å². The fraction of sp³-hybridized carbons (Fsp3) is 1.00. The zero-order valence-electron chi connectivity index (χ0n) is 8.17. The predicted octanol–water partition coefficient (Wildman–Crippen LogP) is 1.41. The molecule has 4 heteroatoms. The summed E-state index contributed by atoms with van der Waals surface area (Å²) < 4.78 is 11.9. The molecular formula is C10H16BrNO2. The molecule has 0 aliphatic carbocycles. The lowest BCUT2D eigenvalue weighted by Crippen LogP contribution is -2.49. The molecular weight excluding hydrogens is 246 g/mol. The van der Waals surface area contributed by atoms with Crippen molar-refractivity contribution in [1.82, 2.24) is 5.32 Å². The summed E-state index contributed by atoms with van der Waals surface area (Å²) >= 11 is 3.45. The summed E-state index contributed by atoms with van der Waals surface area (Å²) in [6.45, 7) is 0.755. The van der Waals surface area contributed by atoms with Gasteiger partial charge in [0.2, 0.25) is 0 Å². The lowest BCUT2D eigenvalue weighted by Gasteiger charge is -2.36. The molecule has 3 aliphatic rings. The Kier molecular flexibility index (Phi) is 2.35. The van der Waals surface area contributed by atoms with Crippen LogP contribution in [0, 0.1) is 0 Å². The van der Waals surface area contributed by atoms with Gasteiger partial charge in [-0.05, 0) is 12.8 Å². The maximum Gasteiger partial charge on any atom is 0.171 e. The van der Waals surface area contributed by atoms with Crippen molar-refractivity contribution in [3.63, 3.8) is 0 Å². The van der Waals surface area contributed by atoms with Crippen LogP contribution in [0.2, 0.25) is 0 Å². The van der Waals surface area contributed by atoms with Gasteiger partial charge >= 0.3 is 0 Å². The Labute approximate surface area is 92.7 Å². The third kappa shape index (κ3) is 1.52. The van der Waals surface area contributed by atoms with Gasteiger partial charge in [-0.25, -0.2) is 0 Å². The van der Waals surface area contributed by atoms with E-state index in [0.717, 1.165) is 24.8 Å². The SMILES string of the molecule is BrCC1COC2(CC3CCC(C2)N3)O1. The average molecular weight is 262 g/mol. The van der Waals surface area contributed by atoms with Crippen molar-refractivity contribution < 1.29 is 9.47 Å². The first-order valence-electron chi connectivity index (χ1n) is 5.43. The van der Waals surface area contributed by atoms with Gasteiger partial charge in [0.25, 0.3) is 0 Å². The number of hydrogen-bond acceptors (Lipinski definition) is 3. The van der Waals surface area contributed by atoms with E-state index < -0.39 is 0 Å². The predicted molar refractivity (Wildman–Crippen MR) is 56.5 cm³/mol. The van der Waals surface area contributed by atoms with Crippen molar-refractivity contribution >= 4 is 15.9 Å². The van der Waals surface area contributed by atoms with E-state index in [2.05, 4.69) is 21.2 Å². The summed E-state index contributed by atoms with van der Waals surface area (Å²) in [5.74, 6) is -0.241. The molecule has 3 aliphatic heterocycles. The van der Waals surface area contributed by atoms with Gasteiger partial charge in [-0.3, -0.25) is 0 Å². The number of ether oxygens (including phenoxy) is 2. The van der Waals surface area contributed by atoms with Gasteiger partial charge in [-0.15, -0.1) is 0 Å². The van der Waals surface area contributed by atoms with Gasteiger partial charge in [0.1, 0.15) is 0 Å². The largest absolute Gasteiger partial charge is 0.347 e. The lowest BCUT2D eigenvalue weighted by molar-refractivity contribution is -0.189. The highest BCUT2D eigenvalue weighted by Crippen LogP contribution is 2.41. The fourth-order valence-electron chi connectivity index (χ4n) is 2.97. The molecule has 3 saturated heterocycles. The summed E-state index contributed by atoms with van der Waals surface area (Å²) in [4.78, 5) is 0. The van der Waals surface area contributed by atoms with E-state index in [4.69, 9.17) is 9.47 Å². The topological polar surface area (TPSA) is 30.5 Å². The van der Waals surface area contributed by atoms with Crippen LogP contribution in [0.15, 0.2) is 0 Å². The average Bonchev–Trinajstić information content (AvgIpc) is 2.72. The molecule has 2 bridgehead atoms. The molecule has 14 heavy (non-hydrogen) atoms. The normalized spacial score (nSPS) is 51.6. The number of nitrogens with one attached hydrogen (secondary N) is 1. The molecule has 0 radical (unpaired) electrons. The number of fused-ring (bicyclic) bond motifs is 2. The second-order valence-corrected chi connectivity index (χ2v) is 5.31. The minimum absolute atomic E-state index is 0.241. The lowest BCUT2D eigenvalue weighted by atomic mass is 9.98. The standard InChI is InChI=1S/C10H16BrNO2/c11-5-9-6-13-10(14-9)3-7-1-2-8(4-10)12-7/h7-9,12H,1-6H2. The molecule has 1 spiro atoms. The Bertz CT molecular complexity index is 224. The zero-order chi connectivity index (χ0) is 9.60. The van der Waals surface area contributed by atoms with Crippen molar-refractivity contribution in [2.75, 3.05) is 11.9 Å². The van der Waals surface area contributed by atoms with Crippen LogP contribution in [-0.2, 0) is 9.47 Å². The molecule has 0 amide bonds. The summed E-state index contributed by atoms with van der Waals surface area (Å²) in [5.41, 5.74) is 0. The molecule has 3 nitrogen and oxygen atoms in total. The smallest absolute Gasteiger partial charge is 0.171 e. The maximum absolute atomic E-state index is 6.01. The fourth-order valence-corrected chi connectivity index (χ4v) is 3.28. The first-order valence-corrected chi connectivity index (χ1v) is 6.56. The van der Waals surface area contributed by atoms with Crippen molar-refractivity contribution in [1.29, 1.82) is 0 Å². The Balaban J connectivity index is 1.73. The van der Waals surface area contributed by atoms with E-state index in [1.54, 1.807) is 0 Å². The summed E-state index contributed by atoms with van der Waals surface area (Å²) in [6, 6.07) is 1.26. The number of rotatable bonds is 1. The van der Waals surface area contributed by atoms with Crippen LogP contribution < -0.4 is 5.32 Å². The van der Waals surface area contributed by atoms with Gasteiger partial charge in [0.15, 0.2) is 5.79 Å². The second-order valence-electron chi connectivity index (χ2n) is 4.66. The summed E-state index contributed by atoms with van der Waals surface area (Å²) in [6.07, 6.45) is 4.91. The molecule has 0 aromatic heterocycles. The number of alkyl halides is 1. The molecule has 3 heterocycles. The molecule has 0 aromatic rings. The first-order chi connectivity index (χ1) is 6.80. The van der Waals surface area contributed by atoms with E-state index in [-0.39, 0.29) is 11.9 Å². The highest BCUT2D eigenvalue weighted by molar-refractivity contribution is 9.09. The van der Waals surface area contributed by atoms with Crippen molar-refractivity contribution in [2.24, 2.45) is 0 Å².